The molecule has 1 aliphatic heterocycles. The topological polar surface area (TPSA) is 55.8 Å². The molecule has 0 amide bonds. The van der Waals surface area contributed by atoms with Gasteiger partial charge in [0.05, 0.1) is 6.61 Å². The maximum absolute atomic E-state index is 9.92. The molecule has 1 N–H and O–H groups in total. The van der Waals surface area contributed by atoms with Gasteiger partial charge in [0.2, 0.25) is 0 Å². The third kappa shape index (κ3) is 1.97. The second-order valence-electron chi connectivity index (χ2n) is 1.88. The smallest absolute Gasteiger partial charge is 0.465 e. The van der Waals surface area contributed by atoms with E-state index in [-0.39, 0.29) is 5.95 Å². The van der Waals surface area contributed by atoms with E-state index in [0.717, 1.165) is 12.8 Å². The SMILES string of the molecule is O=C(O)OC1=CCCCO1. The number of hydrogen-bond donors (Lipinski definition) is 1. The zero-order chi connectivity index (χ0) is 7.40. The Labute approximate surface area is 58.1 Å². The zero-order valence-corrected chi connectivity index (χ0v) is 5.37. The number of ether oxygens (including phenoxy) is 2. The molecule has 4 nitrogen and oxygen atoms in total. The summed E-state index contributed by atoms with van der Waals surface area (Å²) < 4.78 is 9.09. The monoisotopic (exact) mass is 144 g/mol. The normalized spacial score (nSPS) is 17.0. The second-order valence-corrected chi connectivity index (χ2v) is 1.88. The van der Waals surface area contributed by atoms with Gasteiger partial charge in [0.25, 0.3) is 5.95 Å². The van der Waals surface area contributed by atoms with Crippen LogP contribution in [0.15, 0.2) is 12.0 Å². The highest BCUT2D eigenvalue weighted by Crippen LogP contribution is 2.10. The first-order chi connectivity index (χ1) is 4.79. The summed E-state index contributed by atoms with van der Waals surface area (Å²) >= 11 is 0. The molecule has 0 fully saturated rings. The van der Waals surface area contributed by atoms with Gasteiger partial charge in [-0.25, -0.2) is 4.79 Å². The van der Waals surface area contributed by atoms with Gasteiger partial charge in [0, 0.05) is 0 Å². The van der Waals surface area contributed by atoms with E-state index in [9.17, 15) is 4.79 Å². The van der Waals surface area contributed by atoms with Gasteiger partial charge in [-0.1, -0.05) is 0 Å². The second kappa shape index (κ2) is 3.10. The van der Waals surface area contributed by atoms with Gasteiger partial charge in [-0.05, 0) is 18.9 Å². The maximum atomic E-state index is 9.92. The van der Waals surface area contributed by atoms with E-state index >= 15 is 0 Å². The van der Waals surface area contributed by atoms with Crippen LogP contribution in [0.5, 0.6) is 0 Å². The highest BCUT2D eigenvalue weighted by Gasteiger charge is 2.08. The summed E-state index contributed by atoms with van der Waals surface area (Å²) in [6.07, 6.45) is 2.04. The number of carboxylic acid groups (broad SMARTS) is 1. The lowest BCUT2D eigenvalue weighted by Gasteiger charge is -2.11. The first-order valence-corrected chi connectivity index (χ1v) is 3.03. The summed E-state index contributed by atoms with van der Waals surface area (Å²) in [5.41, 5.74) is 0. The Hall–Kier alpha value is -1.19. The molecule has 56 valence electrons. The molecule has 0 aromatic carbocycles. The van der Waals surface area contributed by atoms with E-state index in [1.807, 2.05) is 0 Å². The predicted octanol–water partition coefficient (Wildman–Crippen LogP) is 1.33. The molecule has 0 spiro atoms. The first kappa shape index (κ1) is 6.92. The van der Waals surface area contributed by atoms with Crippen LogP contribution >= 0.6 is 0 Å². The minimum Gasteiger partial charge on any atom is -0.465 e. The molecule has 0 aliphatic carbocycles. The number of rotatable bonds is 1. The average molecular weight is 144 g/mol. The minimum atomic E-state index is -1.33. The lowest BCUT2D eigenvalue weighted by Crippen LogP contribution is -2.07. The highest BCUT2D eigenvalue weighted by atomic mass is 16.7. The molecule has 0 aromatic rings. The number of allylic oxidation sites excluding steroid dienone is 1. The van der Waals surface area contributed by atoms with Crippen molar-refractivity contribution in [3.63, 3.8) is 0 Å². The summed E-state index contributed by atoms with van der Waals surface area (Å²) in [6, 6.07) is 0. The van der Waals surface area contributed by atoms with Crippen molar-refractivity contribution in [2.24, 2.45) is 0 Å². The van der Waals surface area contributed by atoms with Gasteiger partial charge in [-0.15, -0.1) is 0 Å². The Bertz CT molecular complexity index is 161. The fourth-order valence-electron chi connectivity index (χ4n) is 0.692. The van der Waals surface area contributed by atoms with Crippen molar-refractivity contribution in [3.05, 3.63) is 12.0 Å². The van der Waals surface area contributed by atoms with Gasteiger partial charge in [-0.3, -0.25) is 0 Å². The standard InChI is InChI=1S/C6H8O4/c7-6(8)10-5-3-1-2-4-9-5/h3H,1-2,4H2,(H,7,8). The molecule has 1 heterocycles. The van der Waals surface area contributed by atoms with Crippen LogP contribution in [0, 0.1) is 0 Å². The largest absolute Gasteiger partial charge is 0.513 e. The first-order valence-electron chi connectivity index (χ1n) is 3.03. The zero-order valence-electron chi connectivity index (χ0n) is 5.37. The molecular formula is C6H8O4. The Morgan fingerprint density at radius 1 is 1.80 bits per heavy atom. The van der Waals surface area contributed by atoms with E-state index in [1.54, 1.807) is 6.08 Å². The lowest BCUT2D eigenvalue weighted by molar-refractivity contribution is 0.0313. The fraction of sp³-hybridized carbons (Fsp3) is 0.500. The van der Waals surface area contributed by atoms with Crippen molar-refractivity contribution in [1.82, 2.24) is 0 Å². The number of carbonyl (C=O) groups is 1. The van der Waals surface area contributed by atoms with Crippen LogP contribution in [-0.4, -0.2) is 17.9 Å². The van der Waals surface area contributed by atoms with E-state index in [2.05, 4.69) is 4.74 Å². The molecule has 0 aromatic heterocycles. The van der Waals surface area contributed by atoms with Crippen LogP contribution in [0.1, 0.15) is 12.8 Å². The molecule has 0 radical (unpaired) electrons. The summed E-state index contributed by atoms with van der Waals surface area (Å²) in [7, 11) is 0. The van der Waals surface area contributed by atoms with Crippen molar-refractivity contribution >= 4 is 6.16 Å². The molecule has 1 aliphatic rings. The van der Waals surface area contributed by atoms with E-state index in [4.69, 9.17) is 9.84 Å². The molecule has 1 rings (SSSR count). The lowest BCUT2D eigenvalue weighted by atomic mass is 10.3. The summed E-state index contributed by atoms with van der Waals surface area (Å²) in [5, 5.41) is 8.12. The van der Waals surface area contributed by atoms with Crippen molar-refractivity contribution in [3.8, 4) is 0 Å². The average Bonchev–Trinajstić information content (AvgIpc) is 1.88. The molecule has 0 atom stereocenters. The van der Waals surface area contributed by atoms with Crippen molar-refractivity contribution in [1.29, 1.82) is 0 Å². The molecule has 10 heavy (non-hydrogen) atoms. The van der Waals surface area contributed by atoms with Crippen LogP contribution < -0.4 is 0 Å². The van der Waals surface area contributed by atoms with Gasteiger partial charge >= 0.3 is 6.16 Å². The summed E-state index contributed by atoms with van der Waals surface area (Å²) in [6.45, 7) is 0.541. The van der Waals surface area contributed by atoms with Crippen LogP contribution in [0.2, 0.25) is 0 Å². The van der Waals surface area contributed by atoms with Crippen molar-refractivity contribution in [2.75, 3.05) is 6.61 Å². The van der Waals surface area contributed by atoms with Gasteiger partial charge < -0.3 is 14.6 Å². The third-order valence-corrected chi connectivity index (χ3v) is 1.09. The Balaban J connectivity index is 2.38. The maximum Gasteiger partial charge on any atom is 0.513 e. The van der Waals surface area contributed by atoms with Crippen molar-refractivity contribution in [2.45, 2.75) is 12.8 Å². The molecule has 4 heteroatoms. The van der Waals surface area contributed by atoms with Gasteiger partial charge in [-0.2, -0.15) is 0 Å². The van der Waals surface area contributed by atoms with Gasteiger partial charge in [0.1, 0.15) is 0 Å². The van der Waals surface area contributed by atoms with E-state index < -0.39 is 6.16 Å². The molecule has 0 saturated carbocycles. The van der Waals surface area contributed by atoms with Crippen LogP contribution in [-0.2, 0) is 9.47 Å². The van der Waals surface area contributed by atoms with Gasteiger partial charge in [0.15, 0.2) is 0 Å². The predicted molar refractivity (Wildman–Crippen MR) is 32.4 cm³/mol. The van der Waals surface area contributed by atoms with E-state index in [0.29, 0.717) is 6.61 Å². The Morgan fingerprint density at radius 2 is 2.60 bits per heavy atom. The molecular weight excluding hydrogens is 136 g/mol. The van der Waals surface area contributed by atoms with Crippen molar-refractivity contribution < 1.29 is 19.4 Å². The van der Waals surface area contributed by atoms with E-state index in [1.165, 1.54) is 0 Å². The molecule has 0 saturated heterocycles. The summed E-state index contributed by atoms with van der Waals surface area (Å²) in [4.78, 5) is 9.92. The Kier molecular flexibility index (Phi) is 2.15. The summed E-state index contributed by atoms with van der Waals surface area (Å²) in [5.74, 6) is 0.110. The van der Waals surface area contributed by atoms with Crippen LogP contribution in [0.25, 0.3) is 0 Å². The molecule has 0 bridgehead atoms. The minimum absolute atomic E-state index is 0.110. The molecule has 0 unspecified atom stereocenters. The highest BCUT2D eigenvalue weighted by molar-refractivity contribution is 5.58. The fourth-order valence-corrected chi connectivity index (χ4v) is 0.692. The Morgan fingerprint density at radius 3 is 3.10 bits per heavy atom. The number of hydrogen-bond acceptors (Lipinski definition) is 3. The third-order valence-electron chi connectivity index (χ3n) is 1.09. The quantitative estimate of drug-likeness (QED) is 0.564. The van der Waals surface area contributed by atoms with Crippen LogP contribution in [0.3, 0.4) is 0 Å². The van der Waals surface area contributed by atoms with Crippen LogP contribution in [0.4, 0.5) is 4.79 Å².